The van der Waals surface area contributed by atoms with E-state index in [1.165, 1.54) is 16.7 Å². The third-order valence-corrected chi connectivity index (χ3v) is 10.5. The molecule has 40 heavy (non-hydrogen) atoms. The molecule has 13 nitrogen and oxygen atoms in total. The predicted molar refractivity (Wildman–Crippen MR) is 153 cm³/mol. The number of hydrogen-bond acceptors (Lipinski definition) is 13. The van der Waals surface area contributed by atoms with Gasteiger partial charge in [0.2, 0.25) is 5.91 Å². The average Bonchev–Trinajstić information content (AvgIpc) is 3.27. The summed E-state index contributed by atoms with van der Waals surface area (Å²) in [6.07, 6.45) is 6.02. The summed E-state index contributed by atoms with van der Waals surface area (Å²) in [7, 11) is 0. The van der Waals surface area contributed by atoms with E-state index in [2.05, 4.69) is 20.4 Å². The van der Waals surface area contributed by atoms with Crippen LogP contribution >= 0.6 is 46.5 Å². The number of β-lactam (4-membered cyclic amide) rings is 1. The Labute approximate surface area is 247 Å². The van der Waals surface area contributed by atoms with Crippen LogP contribution in [-0.4, -0.2) is 90.3 Å². The number of pyridine rings is 1. The number of nitrogens with two attached hydrogens (primary N) is 2. The van der Waals surface area contributed by atoms with Crippen molar-refractivity contribution in [2.24, 2.45) is 10.9 Å². The molecule has 2 amide bonds. The number of carbonyl (C=O) groups excluding carboxylic acids is 2. The molecule has 3 atom stereocenters. The molecule has 216 valence electrons. The van der Waals surface area contributed by atoms with E-state index >= 15 is 0 Å². The van der Waals surface area contributed by atoms with Gasteiger partial charge in [0.05, 0.1) is 6.61 Å². The van der Waals surface area contributed by atoms with Crippen LogP contribution in [0.2, 0.25) is 4.34 Å². The molecule has 0 bridgehead atoms. The van der Waals surface area contributed by atoms with Crippen molar-refractivity contribution in [3.8, 4) is 0 Å². The number of aliphatic carboxylic acids is 1. The smallest absolute Gasteiger partial charge is 0.322 e. The van der Waals surface area contributed by atoms with Gasteiger partial charge in [0.25, 0.3) is 5.91 Å². The van der Waals surface area contributed by atoms with E-state index in [1.54, 1.807) is 18.5 Å². The average molecular weight is 630 g/mol. The first-order chi connectivity index (χ1) is 19.2. The molecule has 7 N–H and O–H groups in total. The Morgan fingerprint density at radius 3 is 2.85 bits per heavy atom. The van der Waals surface area contributed by atoms with Crippen molar-refractivity contribution in [2.75, 3.05) is 31.2 Å². The number of ether oxygens (including phenoxy) is 1. The highest BCUT2D eigenvalue weighted by Gasteiger charge is 2.58. The maximum Gasteiger partial charge on any atom is 0.322 e. The number of nitrogen functional groups attached to an aromatic ring is 1. The first-order valence-electron chi connectivity index (χ1n) is 12.2. The second-order valence-corrected chi connectivity index (χ2v) is 13.2. The number of hydrogen-bond donors (Lipinski definition) is 5. The molecule has 4 rings (SSSR count). The number of carbonyl (C=O) groups is 3. The second kappa shape index (κ2) is 13.4. The monoisotopic (exact) mass is 629 g/mol. The van der Waals surface area contributed by atoms with Gasteiger partial charge in [0.1, 0.15) is 26.2 Å². The van der Waals surface area contributed by atoms with Crippen LogP contribution in [-0.2, 0) is 25.7 Å². The fraction of sp³-hybridized carbons (Fsp3) is 0.478. The highest BCUT2D eigenvalue weighted by molar-refractivity contribution is 8.05. The number of rotatable bonds is 13. The molecule has 0 spiro atoms. The zero-order valence-corrected chi connectivity index (χ0v) is 24.3. The van der Waals surface area contributed by atoms with Crippen LogP contribution in [0.3, 0.4) is 0 Å². The van der Waals surface area contributed by atoms with Crippen LogP contribution < -0.4 is 16.8 Å². The molecule has 0 radical (unpaired) electrons. The Morgan fingerprint density at radius 1 is 1.38 bits per heavy atom. The van der Waals surface area contributed by atoms with Crippen LogP contribution in [0.25, 0.3) is 0 Å². The quantitative estimate of drug-likeness (QED) is 0.0704. The summed E-state index contributed by atoms with van der Waals surface area (Å²) in [5, 5.41) is 24.8. The summed E-state index contributed by atoms with van der Waals surface area (Å²) in [4.78, 5) is 48.6. The molecule has 2 saturated heterocycles. The molecule has 1 unspecified atom stereocenters. The van der Waals surface area contributed by atoms with E-state index in [4.69, 9.17) is 27.8 Å². The lowest BCUT2D eigenvalue weighted by atomic mass is 10.0. The number of oxime groups is 1. The van der Waals surface area contributed by atoms with Crippen LogP contribution in [0.1, 0.15) is 30.5 Å². The minimum Gasteiger partial charge on any atom is -0.480 e. The summed E-state index contributed by atoms with van der Waals surface area (Å²) in [6, 6.07) is 0.803. The van der Waals surface area contributed by atoms with Crippen molar-refractivity contribution in [3.63, 3.8) is 0 Å². The van der Waals surface area contributed by atoms with Gasteiger partial charge in [0, 0.05) is 41.8 Å². The Morgan fingerprint density at radius 2 is 2.17 bits per heavy atom. The number of thioether (sulfide) groups is 2. The number of unbranched alkanes of at least 4 members (excludes halogenated alkanes) is 2. The number of anilines is 1. The molecule has 2 aliphatic rings. The van der Waals surface area contributed by atoms with Gasteiger partial charge < -0.3 is 36.7 Å². The van der Waals surface area contributed by atoms with Crippen molar-refractivity contribution in [1.82, 2.24) is 20.2 Å². The minimum atomic E-state index is -1.33. The molecule has 2 aromatic rings. The Bertz CT molecular complexity index is 1300. The largest absolute Gasteiger partial charge is 0.480 e. The van der Waals surface area contributed by atoms with Crippen molar-refractivity contribution in [1.29, 1.82) is 0 Å². The number of carboxylic acids is 1. The molecular formula is C23H28ClN7O6S3. The zero-order valence-electron chi connectivity index (χ0n) is 21.1. The number of fused-ring (bicyclic) bond motifs is 1. The molecule has 0 saturated carbocycles. The number of halogens is 1. The summed E-state index contributed by atoms with van der Waals surface area (Å²) in [6.45, 7) is 1.42. The Balaban J connectivity index is 1.41. The molecule has 4 heterocycles. The third-order valence-electron chi connectivity index (χ3n) is 6.29. The van der Waals surface area contributed by atoms with Gasteiger partial charge in [-0.3, -0.25) is 19.4 Å². The molecule has 17 heteroatoms. The fourth-order valence-electron chi connectivity index (χ4n) is 4.20. The van der Waals surface area contributed by atoms with Crippen LogP contribution in [0, 0.1) is 0 Å². The number of aromatic nitrogens is 2. The molecule has 0 aliphatic carbocycles. The van der Waals surface area contributed by atoms with Gasteiger partial charge in [-0.15, -0.1) is 23.5 Å². The summed E-state index contributed by atoms with van der Waals surface area (Å²) < 4.78 is 4.51. The van der Waals surface area contributed by atoms with E-state index in [-0.39, 0.29) is 34.1 Å². The van der Waals surface area contributed by atoms with E-state index in [9.17, 15) is 24.7 Å². The Kier molecular flexibility index (Phi) is 10.1. The van der Waals surface area contributed by atoms with E-state index in [0.29, 0.717) is 18.0 Å². The van der Waals surface area contributed by atoms with Crippen molar-refractivity contribution < 1.29 is 29.4 Å². The lowest BCUT2D eigenvalue weighted by molar-refractivity contribution is -0.151. The van der Waals surface area contributed by atoms with Crippen LogP contribution in [0.5, 0.6) is 0 Å². The standard InChI is InChI=1S/C23H28ClN7O6S3/c24-17-14(29-22(26)39-17)15(30-36)18(32)28-16-19(33)31-10-23(21(34)35,11-38-20(16)31)40-13-4-6-27-8-12(13)9-37-7-3-1-2-5-25/h4,6,8,16,20,36H,1-3,5,7,9-11,25H2,(H2,26,29)(H,28,32)(H,34,35)/t16-,20-,23?/m1/s1. The first-order valence-corrected chi connectivity index (χ1v) is 15.3. The van der Waals surface area contributed by atoms with Crippen LogP contribution in [0.15, 0.2) is 28.5 Å². The molecule has 0 aromatic carbocycles. The number of nitrogens with one attached hydrogen (secondary N) is 1. The number of nitrogens with zero attached hydrogens (tertiary/aromatic N) is 4. The highest BCUT2D eigenvalue weighted by atomic mass is 35.5. The van der Waals surface area contributed by atoms with Gasteiger partial charge in [-0.1, -0.05) is 28.1 Å². The third kappa shape index (κ3) is 6.47. The van der Waals surface area contributed by atoms with E-state index in [1.807, 2.05) is 0 Å². The van der Waals surface area contributed by atoms with Gasteiger partial charge in [-0.2, -0.15) is 0 Å². The van der Waals surface area contributed by atoms with Gasteiger partial charge >= 0.3 is 5.97 Å². The predicted octanol–water partition coefficient (Wildman–Crippen LogP) is 1.61. The summed E-state index contributed by atoms with van der Waals surface area (Å²) in [5.41, 5.74) is 11.3. The normalized spacial score (nSPS) is 22.5. The topological polar surface area (TPSA) is 206 Å². The highest BCUT2D eigenvalue weighted by Crippen LogP contribution is 2.47. The maximum atomic E-state index is 13.0. The van der Waals surface area contributed by atoms with E-state index < -0.39 is 39.7 Å². The number of thiazole rings is 1. The van der Waals surface area contributed by atoms with E-state index in [0.717, 1.165) is 47.9 Å². The lowest BCUT2D eigenvalue weighted by Crippen LogP contribution is -2.74. The Hall–Kier alpha value is -2.63. The first kappa shape index (κ1) is 30.3. The minimum absolute atomic E-state index is 0.0600. The van der Waals surface area contributed by atoms with Gasteiger partial charge in [0.15, 0.2) is 10.8 Å². The summed E-state index contributed by atoms with van der Waals surface area (Å²) in [5.74, 6) is -2.19. The SMILES string of the molecule is NCCCCCOCc1cnccc1SC1(C(=O)O)CS[C@@H]2[C@H](NC(=O)C(=NO)c3nc(N)sc3Cl)C(=O)N2C1. The number of carboxylic acid groups (broad SMARTS) is 1. The molecule has 2 aromatic heterocycles. The molecular weight excluding hydrogens is 602 g/mol. The lowest BCUT2D eigenvalue weighted by Gasteiger charge is -2.53. The van der Waals surface area contributed by atoms with Crippen molar-refractivity contribution in [2.45, 2.75) is 46.9 Å². The van der Waals surface area contributed by atoms with Gasteiger partial charge in [-0.25, -0.2) is 4.98 Å². The fourth-order valence-corrected chi connectivity index (χ4v) is 8.04. The second-order valence-electron chi connectivity index (χ2n) is 9.03. The zero-order chi connectivity index (χ0) is 28.9. The van der Waals surface area contributed by atoms with Crippen molar-refractivity contribution >= 4 is 75.1 Å². The van der Waals surface area contributed by atoms with Crippen LogP contribution in [0.4, 0.5) is 5.13 Å². The molecule has 2 fully saturated rings. The summed E-state index contributed by atoms with van der Waals surface area (Å²) >= 11 is 9.35. The van der Waals surface area contributed by atoms with Crippen molar-refractivity contribution in [3.05, 3.63) is 34.1 Å². The number of amides is 2. The van der Waals surface area contributed by atoms with Gasteiger partial charge in [-0.05, 0) is 31.9 Å². The maximum absolute atomic E-state index is 13.0. The molecule has 2 aliphatic heterocycles.